The minimum Gasteiger partial charge on any atom is -0.165 e. The normalized spacial score (nSPS) is 10.5. The summed E-state index contributed by atoms with van der Waals surface area (Å²) in [5, 5.41) is 0. The average Bonchev–Trinajstić information content (AvgIpc) is 1.35. The van der Waals surface area contributed by atoms with Crippen LogP contribution in [0.2, 0.25) is 6.04 Å². The first kappa shape index (κ1) is 6.92. The highest BCUT2D eigenvalue weighted by Gasteiger charge is 1.87. The van der Waals surface area contributed by atoms with Crippen molar-refractivity contribution in [2.75, 3.05) is 0 Å². The second-order valence-electron chi connectivity index (χ2n) is 1.27. The molecule has 3 heteroatoms. The maximum absolute atomic E-state index is 4.06. The first-order chi connectivity index (χ1) is 2.77. The zero-order chi connectivity index (χ0) is 4.99. The minimum absolute atomic E-state index is 0.322. The number of rotatable bonds is 2. The molecule has 0 heterocycles. The maximum atomic E-state index is 4.06. The van der Waals surface area contributed by atoms with Gasteiger partial charge in [0.1, 0.15) is 0 Å². The molecule has 6 heavy (non-hydrogen) atoms. The first-order valence-electron chi connectivity index (χ1n) is 2.13. The highest BCUT2D eigenvalue weighted by atomic mass is 32.2. The van der Waals surface area contributed by atoms with Crippen molar-refractivity contribution < 1.29 is 0 Å². The van der Waals surface area contributed by atoms with E-state index in [1.165, 1.54) is 22.7 Å². The molecule has 0 aromatic rings. The second-order valence-corrected chi connectivity index (χ2v) is 3.92. The van der Waals surface area contributed by atoms with Crippen LogP contribution < -0.4 is 0 Å². The highest BCUT2D eigenvalue weighted by Crippen LogP contribution is 2.05. The van der Waals surface area contributed by atoms with Crippen molar-refractivity contribution in [3.05, 3.63) is 0 Å². The van der Waals surface area contributed by atoms with Gasteiger partial charge in [0, 0.05) is 14.8 Å². The van der Waals surface area contributed by atoms with Gasteiger partial charge in [0.05, 0.1) is 0 Å². The van der Waals surface area contributed by atoms with Crippen molar-refractivity contribution in [3.63, 3.8) is 0 Å². The lowest BCUT2D eigenvalue weighted by molar-refractivity contribution is 1.06. The SMILES string of the molecule is [SiH3]CCC(S)S. The molecule has 0 saturated carbocycles. The summed E-state index contributed by atoms with van der Waals surface area (Å²) in [6.07, 6.45) is 1.17. The summed E-state index contributed by atoms with van der Waals surface area (Å²) in [7, 11) is 1.29. The number of hydrogen-bond acceptors (Lipinski definition) is 2. The van der Waals surface area contributed by atoms with Crippen LogP contribution in [0.5, 0.6) is 0 Å². The van der Waals surface area contributed by atoms with Crippen molar-refractivity contribution in [1.82, 2.24) is 0 Å². The third-order valence-electron chi connectivity index (χ3n) is 0.547. The fourth-order valence-corrected chi connectivity index (χ4v) is 2.32. The molecule has 0 aromatic heterocycles. The Labute approximate surface area is 53.0 Å². The molecular formula is C3H10S2Si. The summed E-state index contributed by atoms with van der Waals surface area (Å²) in [5.74, 6) is 0. The van der Waals surface area contributed by atoms with E-state index in [2.05, 4.69) is 25.3 Å². The van der Waals surface area contributed by atoms with E-state index in [1.54, 1.807) is 0 Å². The van der Waals surface area contributed by atoms with Gasteiger partial charge in [-0.05, 0) is 6.42 Å². The Bertz CT molecular complexity index is 30.0. The van der Waals surface area contributed by atoms with Gasteiger partial charge in [-0.25, -0.2) is 0 Å². The summed E-state index contributed by atoms with van der Waals surface area (Å²) >= 11 is 8.13. The van der Waals surface area contributed by atoms with Gasteiger partial charge in [-0.15, -0.1) is 0 Å². The van der Waals surface area contributed by atoms with Gasteiger partial charge in [-0.1, -0.05) is 6.04 Å². The molecule has 0 unspecified atom stereocenters. The molecule has 0 aliphatic heterocycles. The lowest BCUT2D eigenvalue weighted by Gasteiger charge is -1.94. The standard InChI is InChI=1S/C3H10S2Si/c4-3(5)1-2-6/h3-5H,1-2H2,6H3. The zero-order valence-electron chi connectivity index (χ0n) is 3.89. The lowest BCUT2D eigenvalue weighted by Crippen LogP contribution is -1.83. The van der Waals surface area contributed by atoms with Crippen LogP contribution in [0, 0.1) is 0 Å². The van der Waals surface area contributed by atoms with E-state index in [0.29, 0.717) is 4.58 Å². The smallest absolute Gasteiger partial charge is 0.0439 e. The minimum atomic E-state index is 0.322. The van der Waals surface area contributed by atoms with Crippen molar-refractivity contribution >= 4 is 35.5 Å². The number of hydrogen-bond donors (Lipinski definition) is 2. The Balaban J connectivity index is 2.63. The van der Waals surface area contributed by atoms with E-state index in [0.717, 1.165) is 0 Å². The molecule has 0 radical (unpaired) electrons. The van der Waals surface area contributed by atoms with Crippen LogP contribution in [0.3, 0.4) is 0 Å². The van der Waals surface area contributed by atoms with Gasteiger partial charge in [0.2, 0.25) is 0 Å². The number of thiol groups is 2. The molecule has 0 atom stereocenters. The zero-order valence-corrected chi connectivity index (χ0v) is 7.67. The van der Waals surface area contributed by atoms with E-state index in [1.807, 2.05) is 0 Å². The van der Waals surface area contributed by atoms with Gasteiger partial charge >= 0.3 is 0 Å². The third kappa shape index (κ3) is 4.92. The Morgan fingerprint density at radius 2 is 2.00 bits per heavy atom. The van der Waals surface area contributed by atoms with Gasteiger partial charge < -0.3 is 0 Å². The first-order valence-corrected chi connectivity index (χ1v) is 4.58. The van der Waals surface area contributed by atoms with Crippen molar-refractivity contribution in [2.24, 2.45) is 0 Å². The monoisotopic (exact) mass is 138 g/mol. The predicted octanol–water partition coefficient (Wildman–Crippen LogP) is 0.346. The fraction of sp³-hybridized carbons (Fsp3) is 1.00. The van der Waals surface area contributed by atoms with Gasteiger partial charge in [-0.3, -0.25) is 0 Å². The van der Waals surface area contributed by atoms with Crippen LogP contribution in [-0.4, -0.2) is 14.8 Å². The molecule has 0 bridgehead atoms. The quantitative estimate of drug-likeness (QED) is 0.307. The summed E-state index contributed by atoms with van der Waals surface area (Å²) < 4.78 is 0.322. The Hall–Kier alpha value is 0.917. The highest BCUT2D eigenvalue weighted by molar-refractivity contribution is 7.99. The molecule has 0 aromatic carbocycles. The Kier molecular flexibility index (Phi) is 4.71. The molecule has 0 fully saturated rings. The molecule has 0 aliphatic rings. The summed E-state index contributed by atoms with van der Waals surface area (Å²) in [5.41, 5.74) is 0. The van der Waals surface area contributed by atoms with Crippen molar-refractivity contribution in [1.29, 1.82) is 0 Å². The van der Waals surface area contributed by atoms with Crippen molar-refractivity contribution in [3.8, 4) is 0 Å². The third-order valence-corrected chi connectivity index (χ3v) is 1.64. The van der Waals surface area contributed by atoms with Crippen LogP contribution >= 0.6 is 25.3 Å². The van der Waals surface area contributed by atoms with Crippen LogP contribution in [0.1, 0.15) is 6.42 Å². The van der Waals surface area contributed by atoms with Gasteiger partial charge in [0.25, 0.3) is 0 Å². The predicted molar refractivity (Wildman–Crippen MR) is 41.1 cm³/mol. The van der Waals surface area contributed by atoms with E-state index in [4.69, 9.17) is 0 Å². The molecule has 0 aliphatic carbocycles. The van der Waals surface area contributed by atoms with E-state index in [9.17, 15) is 0 Å². The molecule has 38 valence electrons. The molecule has 0 amide bonds. The van der Waals surface area contributed by atoms with Gasteiger partial charge in [-0.2, -0.15) is 25.3 Å². The topological polar surface area (TPSA) is 0 Å². The van der Waals surface area contributed by atoms with Crippen LogP contribution in [0.25, 0.3) is 0 Å². The van der Waals surface area contributed by atoms with E-state index in [-0.39, 0.29) is 0 Å². The molecule has 0 N–H and O–H groups in total. The Morgan fingerprint density at radius 1 is 1.50 bits per heavy atom. The van der Waals surface area contributed by atoms with Crippen molar-refractivity contribution in [2.45, 2.75) is 17.0 Å². The van der Waals surface area contributed by atoms with E-state index < -0.39 is 0 Å². The molecular weight excluding hydrogens is 128 g/mol. The summed E-state index contributed by atoms with van der Waals surface area (Å²) in [4.78, 5) is 0. The molecule has 0 spiro atoms. The van der Waals surface area contributed by atoms with Crippen LogP contribution in [0.15, 0.2) is 0 Å². The Morgan fingerprint density at radius 3 is 2.00 bits per heavy atom. The summed E-state index contributed by atoms with van der Waals surface area (Å²) in [6.45, 7) is 0. The van der Waals surface area contributed by atoms with Crippen LogP contribution in [-0.2, 0) is 0 Å². The maximum Gasteiger partial charge on any atom is 0.0439 e. The largest absolute Gasteiger partial charge is 0.165 e. The fourth-order valence-electron chi connectivity index (χ4n) is 0.258. The lowest BCUT2D eigenvalue weighted by atomic mass is 10.6. The molecule has 0 rings (SSSR count). The molecule has 0 saturated heterocycles. The van der Waals surface area contributed by atoms with Gasteiger partial charge in [0.15, 0.2) is 0 Å². The summed E-state index contributed by atoms with van der Waals surface area (Å²) in [6, 6.07) is 1.32. The average molecular weight is 138 g/mol. The second kappa shape index (κ2) is 4.09. The van der Waals surface area contributed by atoms with E-state index >= 15 is 0 Å². The molecule has 0 nitrogen and oxygen atoms in total. The van der Waals surface area contributed by atoms with Crippen LogP contribution in [0.4, 0.5) is 0 Å².